The number of amides is 1. The number of carbonyl (C=O) groups excluding carboxylic acids is 1. The van der Waals surface area contributed by atoms with Crippen molar-refractivity contribution in [2.45, 2.75) is 6.92 Å². The van der Waals surface area contributed by atoms with Crippen LogP contribution in [0.2, 0.25) is 0 Å². The summed E-state index contributed by atoms with van der Waals surface area (Å²) in [5.74, 6) is 0.544. The highest BCUT2D eigenvalue weighted by atomic mass is 16.2. The number of carbonyl (C=O) groups is 1. The number of aromatic nitrogens is 2. The van der Waals surface area contributed by atoms with E-state index in [9.17, 15) is 4.79 Å². The Morgan fingerprint density at radius 1 is 1.43 bits per heavy atom. The molecule has 1 N–H and O–H groups in total. The first-order chi connectivity index (χ1) is 6.68. The van der Waals surface area contributed by atoms with Gasteiger partial charge in [0.05, 0.1) is 11.0 Å². The molecule has 0 saturated heterocycles. The number of aromatic amines is 1. The summed E-state index contributed by atoms with van der Waals surface area (Å²) in [6.07, 6.45) is 0. The first-order valence-electron chi connectivity index (χ1n) is 4.37. The zero-order chi connectivity index (χ0) is 10.1. The molecule has 0 fully saturated rings. The van der Waals surface area contributed by atoms with E-state index in [4.69, 9.17) is 0 Å². The molecule has 14 heavy (non-hydrogen) atoms. The number of para-hydroxylation sites is 2. The highest BCUT2D eigenvalue weighted by Gasteiger charge is 2.09. The van der Waals surface area contributed by atoms with Crippen LogP contribution in [0.15, 0.2) is 24.3 Å². The highest BCUT2D eigenvalue weighted by Crippen LogP contribution is 2.15. The van der Waals surface area contributed by atoms with E-state index in [2.05, 4.69) is 9.97 Å². The minimum absolute atomic E-state index is 0.0379. The van der Waals surface area contributed by atoms with Gasteiger partial charge in [-0.3, -0.25) is 9.69 Å². The van der Waals surface area contributed by atoms with Crippen LogP contribution < -0.4 is 4.90 Å². The fourth-order valence-corrected chi connectivity index (χ4v) is 1.25. The van der Waals surface area contributed by atoms with Crippen molar-refractivity contribution in [3.05, 3.63) is 24.3 Å². The molecule has 2 aromatic rings. The molecule has 0 aliphatic rings. The second kappa shape index (κ2) is 3.14. The molecule has 2 rings (SSSR count). The minimum atomic E-state index is -0.0379. The number of benzene rings is 1. The molecule has 0 radical (unpaired) electrons. The smallest absolute Gasteiger partial charge is 0.225 e. The van der Waals surface area contributed by atoms with Crippen molar-refractivity contribution < 1.29 is 4.79 Å². The number of hydrogen-bond acceptors (Lipinski definition) is 2. The third-order valence-corrected chi connectivity index (χ3v) is 2.17. The Bertz CT molecular complexity index is 442. The summed E-state index contributed by atoms with van der Waals surface area (Å²) >= 11 is 0. The van der Waals surface area contributed by atoms with Crippen LogP contribution in [0.5, 0.6) is 0 Å². The van der Waals surface area contributed by atoms with E-state index in [0.717, 1.165) is 11.0 Å². The molecular formula is C10H11N3O. The van der Waals surface area contributed by atoms with Gasteiger partial charge in [-0.2, -0.15) is 0 Å². The van der Waals surface area contributed by atoms with Crippen molar-refractivity contribution in [2.75, 3.05) is 11.9 Å². The van der Waals surface area contributed by atoms with E-state index in [0.29, 0.717) is 5.95 Å². The molecular weight excluding hydrogens is 178 g/mol. The van der Waals surface area contributed by atoms with E-state index in [1.165, 1.54) is 11.8 Å². The van der Waals surface area contributed by atoms with Crippen LogP contribution in [0.3, 0.4) is 0 Å². The largest absolute Gasteiger partial charge is 0.324 e. The third-order valence-electron chi connectivity index (χ3n) is 2.17. The molecule has 1 heterocycles. The number of rotatable bonds is 1. The number of nitrogens with zero attached hydrogens (tertiary/aromatic N) is 2. The molecule has 4 heteroatoms. The summed E-state index contributed by atoms with van der Waals surface area (Å²) < 4.78 is 0. The van der Waals surface area contributed by atoms with E-state index in [1.54, 1.807) is 7.05 Å². The predicted octanol–water partition coefficient (Wildman–Crippen LogP) is 1.55. The van der Waals surface area contributed by atoms with Gasteiger partial charge in [-0.15, -0.1) is 0 Å². The Hall–Kier alpha value is -1.84. The number of imidazole rings is 1. The molecule has 0 aliphatic heterocycles. The van der Waals surface area contributed by atoms with Gasteiger partial charge in [0.2, 0.25) is 11.9 Å². The second-order valence-corrected chi connectivity index (χ2v) is 3.16. The molecule has 0 unspecified atom stereocenters. The van der Waals surface area contributed by atoms with Gasteiger partial charge in [0.25, 0.3) is 0 Å². The van der Waals surface area contributed by atoms with Crippen molar-refractivity contribution >= 4 is 22.9 Å². The van der Waals surface area contributed by atoms with Crippen LogP contribution in [-0.4, -0.2) is 22.9 Å². The van der Waals surface area contributed by atoms with Crippen LogP contribution in [-0.2, 0) is 4.79 Å². The Morgan fingerprint density at radius 2 is 2.14 bits per heavy atom. The average molecular weight is 189 g/mol. The molecule has 1 amide bonds. The molecule has 0 saturated carbocycles. The van der Waals surface area contributed by atoms with E-state index < -0.39 is 0 Å². The van der Waals surface area contributed by atoms with Gasteiger partial charge >= 0.3 is 0 Å². The van der Waals surface area contributed by atoms with Gasteiger partial charge in [-0.25, -0.2) is 4.98 Å². The maximum atomic E-state index is 11.1. The van der Waals surface area contributed by atoms with Crippen molar-refractivity contribution in [3.8, 4) is 0 Å². The minimum Gasteiger partial charge on any atom is -0.324 e. The topological polar surface area (TPSA) is 49.0 Å². The van der Waals surface area contributed by atoms with Gasteiger partial charge in [0, 0.05) is 14.0 Å². The maximum Gasteiger partial charge on any atom is 0.225 e. The molecule has 72 valence electrons. The first-order valence-corrected chi connectivity index (χ1v) is 4.37. The zero-order valence-corrected chi connectivity index (χ0v) is 8.11. The summed E-state index contributed by atoms with van der Waals surface area (Å²) in [5.41, 5.74) is 1.81. The molecule has 0 atom stereocenters. The van der Waals surface area contributed by atoms with E-state index in [1.807, 2.05) is 24.3 Å². The van der Waals surface area contributed by atoms with E-state index in [-0.39, 0.29) is 5.91 Å². The Balaban J connectivity index is 2.50. The average Bonchev–Trinajstić information content (AvgIpc) is 2.59. The first kappa shape index (κ1) is 8.74. The monoisotopic (exact) mass is 189 g/mol. The molecule has 0 spiro atoms. The summed E-state index contributed by atoms with van der Waals surface area (Å²) in [4.78, 5) is 19.9. The van der Waals surface area contributed by atoms with E-state index >= 15 is 0 Å². The van der Waals surface area contributed by atoms with Crippen molar-refractivity contribution in [1.29, 1.82) is 0 Å². The maximum absolute atomic E-state index is 11.1. The van der Waals surface area contributed by atoms with Crippen molar-refractivity contribution in [3.63, 3.8) is 0 Å². The molecule has 0 aliphatic carbocycles. The Morgan fingerprint density at radius 3 is 2.79 bits per heavy atom. The van der Waals surface area contributed by atoms with Crippen LogP contribution in [0.25, 0.3) is 11.0 Å². The lowest BCUT2D eigenvalue weighted by Gasteiger charge is -2.09. The lowest BCUT2D eigenvalue weighted by atomic mass is 10.3. The summed E-state index contributed by atoms with van der Waals surface area (Å²) in [7, 11) is 1.69. The fraction of sp³-hybridized carbons (Fsp3) is 0.200. The van der Waals surface area contributed by atoms with Gasteiger partial charge in [0.1, 0.15) is 0 Å². The molecule has 4 nitrogen and oxygen atoms in total. The number of H-pyrrole nitrogens is 1. The summed E-state index contributed by atoms with van der Waals surface area (Å²) in [6, 6.07) is 7.68. The molecule has 1 aromatic heterocycles. The van der Waals surface area contributed by atoms with Crippen LogP contribution in [0.4, 0.5) is 5.95 Å². The number of hydrogen-bond donors (Lipinski definition) is 1. The van der Waals surface area contributed by atoms with Crippen LogP contribution in [0, 0.1) is 0 Å². The lowest BCUT2D eigenvalue weighted by Crippen LogP contribution is -2.23. The standard InChI is InChI=1S/C10H11N3O/c1-7(14)13(2)10-11-8-5-3-4-6-9(8)12-10/h3-6H,1-2H3,(H,11,12). The summed E-state index contributed by atoms with van der Waals surface area (Å²) in [5, 5.41) is 0. The van der Waals surface area contributed by atoms with Gasteiger partial charge in [0.15, 0.2) is 0 Å². The molecule has 0 bridgehead atoms. The highest BCUT2D eigenvalue weighted by molar-refractivity contribution is 5.91. The Labute approximate surface area is 81.6 Å². The fourth-order valence-electron chi connectivity index (χ4n) is 1.25. The number of anilines is 1. The van der Waals surface area contributed by atoms with Gasteiger partial charge in [-0.05, 0) is 12.1 Å². The van der Waals surface area contributed by atoms with Crippen LogP contribution in [0.1, 0.15) is 6.92 Å². The predicted molar refractivity (Wildman–Crippen MR) is 55.2 cm³/mol. The normalized spacial score (nSPS) is 10.4. The van der Waals surface area contributed by atoms with Crippen molar-refractivity contribution in [1.82, 2.24) is 9.97 Å². The third kappa shape index (κ3) is 1.35. The quantitative estimate of drug-likeness (QED) is 0.739. The Kier molecular flexibility index (Phi) is 1.96. The molecule has 1 aromatic carbocycles. The second-order valence-electron chi connectivity index (χ2n) is 3.16. The summed E-state index contributed by atoms with van der Waals surface area (Å²) in [6.45, 7) is 1.51. The lowest BCUT2D eigenvalue weighted by molar-refractivity contribution is -0.116. The SMILES string of the molecule is CC(=O)N(C)c1nc2ccccc2[nH]1. The van der Waals surface area contributed by atoms with Crippen molar-refractivity contribution in [2.24, 2.45) is 0 Å². The number of nitrogens with one attached hydrogen (secondary N) is 1. The van der Waals surface area contributed by atoms with Gasteiger partial charge in [-0.1, -0.05) is 12.1 Å². The van der Waals surface area contributed by atoms with Crippen LogP contribution >= 0.6 is 0 Å². The van der Waals surface area contributed by atoms with Gasteiger partial charge < -0.3 is 4.98 Å². The zero-order valence-electron chi connectivity index (χ0n) is 8.11. The number of fused-ring (bicyclic) bond motifs is 1.